The molecular formula is C9H15N3OS2. The van der Waals surface area contributed by atoms with Crippen molar-refractivity contribution in [3.05, 3.63) is 3.95 Å². The van der Waals surface area contributed by atoms with Crippen molar-refractivity contribution in [1.29, 1.82) is 0 Å². The Morgan fingerprint density at radius 3 is 3.13 bits per heavy atom. The van der Waals surface area contributed by atoms with Gasteiger partial charge in [0.2, 0.25) is 5.13 Å². The molecule has 1 aliphatic rings. The molecule has 1 atom stereocenters. The maximum Gasteiger partial charge on any atom is 0.206 e. The van der Waals surface area contributed by atoms with Gasteiger partial charge in [0.05, 0.1) is 6.10 Å². The molecule has 1 unspecified atom stereocenters. The van der Waals surface area contributed by atoms with E-state index in [-0.39, 0.29) is 0 Å². The molecule has 0 spiro atoms. The van der Waals surface area contributed by atoms with Crippen molar-refractivity contribution in [1.82, 2.24) is 10.2 Å². The summed E-state index contributed by atoms with van der Waals surface area (Å²) in [6, 6.07) is 0. The number of anilines is 1. The molecule has 1 fully saturated rings. The molecule has 2 heterocycles. The number of ether oxygens (including phenoxy) is 1. The molecule has 2 rings (SSSR count). The first-order valence-electron chi connectivity index (χ1n) is 5.21. The second-order valence-corrected chi connectivity index (χ2v) is 5.21. The molecule has 1 aliphatic heterocycles. The Bertz CT molecular complexity index is 356. The number of nitrogens with zero attached hydrogens (tertiary/aromatic N) is 2. The van der Waals surface area contributed by atoms with Gasteiger partial charge >= 0.3 is 0 Å². The van der Waals surface area contributed by atoms with Crippen molar-refractivity contribution in [3.8, 4) is 0 Å². The molecule has 1 saturated heterocycles. The highest BCUT2D eigenvalue weighted by Gasteiger charge is 2.19. The fourth-order valence-corrected chi connectivity index (χ4v) is 2.68. The van der Waals surface area contributed by atoms with Gasteiger partial charge in [0.1, 0.15) is 0 Å². The lowest BCUT2D eigenvalue weighted by Crippen LogP contribution is -2.31. The third-order valence-corrected chi connectivity index (χ3v) is 3.68. The SMILES string of the molecule is CCN(CC1CCCO1)c1n[nH]c(=S)s1. The first kappa shape index (κ1) is 11.0. The Balaban J connectivity index is 2.00. The van der Waals surface area contributed by atoms with Crippen LogP contribution in [-0.4, -0.2) is 36.0 Å². The van der Waals surface area contributed by atoms with Gasteiger partial charge in [-0.05, 0) is 32.0 Å². The van der Waals surface area contributed by atoms with Crippen LogP contribution in [0.15, 0.2) is 0 Å². The number of likely N-dealkylation sites (N-methyl/N-ethyl adjacent to an activating group) is 1. The van der Waals surface area contributed by atoms with Crippen LogP contribution in [0.3, 0.4) is 0 Å². The second-order valence-electron chi connectivity index (χ2n) is 3.57. The van der Waals surface area contributed by atoms with Crippen LogP contribution in [0.5, 0.6) is 0 Å². The number of rotatable bonds is 4. The van der Waals surface area contributed by atoms with E-state index >= 15 is 0 Å². The van der Waals surface area contributed by atoms with Gasteiger partial charge in [-0.15, -0.1) is 5.10 Å². The fraction of sp³-hybridized carbons (Fsp3) is 0.778. The normalized spacial score (nSPS) is 20.7. The minimum atomic E-state index is 0.363. The highest BCUT2D eigenvalue weighted by Crippen LogP contribution is 2.20. The minimum absolute atomic E-state index is 0.363. The van der Waals surface area contributed by atoms with E-state index in [9.17, 15) is 0 Å². The molecule has 0 aliphatic carbocycles. The second kappa shape index (κ2) is 5.05. The molecule has 4 nitrogen and oxygen atoms in total. The highest BCUT2D eigenvalue weighted by atomic mass is 32.1. The first-order chi connectivity index (χ1) is 7.29. The third-order valence-electron chi connectivity index (χ3n) is 2.53. The number of aromatic amines is 1. The molecule has 0 amide bonds. The van der Waals surface area contributed by atoms with Crippen LogP contribution < -0.4 is 4.90 Å². The zero-order valence-corrected chi connectivity index (χ0v) is 10.4. The van der Waals surface area contributed by atoms with Crippen LogP contribution in [-0.2, 0) is 4.74 Å². The van der Waals surface area contributed by atoms with Crippen LogP contribution in [0, 0.1) is 3.95 Å². The predicted octanol–water partition coefficient (Wildman–Crippen LogP) is 2.21. The van der Waals surface area contributed by atoms with Gasteiger partial charge in [-0.3, -0.25) is 5.10 Å². The van der Waals surface area contributed by atoms with Crippen LogP contribution in [0.2, 0.25) is 0 Å². The third kappa shape index (κ3) is 2.76. The Kier molecular flexibility index (Phi) is 3.71. The quantitative estimate of drug-likeness (QED) is 0.826. The Labute approximate surface area is 98.3 Å². The molecule has 0 saturated carbocycles. The zero-order valence-electron chi connectivity index (χ0n) is 8.73. The number of hydrogen-bond donors (Lipinski definition) is 1. The fourth-order valence-electron chi connectivity index (χ4n) is 1.73. The molecule has 1 N–H and O–H groups in total. The summed E-state index contributed by atoms with van der Waals surface area (Å²) in [7, 11) is 0. The molecular weight excluding hydrogens is 230 g/mol. The number of H-pyrrole nitrogens is 1. The van der Waals surface area contributed by atoms with Crippen molar-refractivity contribution < 1.29 is 4.74 Å². The summed E-state index contributed by atoms with van der Waals surface area (Å²) >= 11 is 6.55. The van der Waals surface area contributed by atoms with Gasteiger partial charge in [0, 0.05) is 19.7 Å². The smallest absolute Gasteiger partial charge is 0.206 e. The monoisotopic (exact) mass is 245 g/mol. The molecule has 15 heavy (non-hydrogen) atoms. The van der Waals surface area contributed by atoms with E-state index in [4.69, 9.17) is 17.0 Å². The molecule has 1 aromatic rings. The summed E-state index contributed by atoms with van der Waals surface area (Å²) in [5, 5.41) is 7.97. The first-order valence-corrected chi connectivity index (χ1v) is 6.44. The summed E-state index contributed by atoms with van der Waals surface area (Å²) in [6.07, 6.45) is 2.70. The zero-order chi connectivity index (χ0) is 10.7. The summed E-state index contributed by atoms with van der Waals surface area (Å²) in [6.45, 7) is 4.89. The Hall–Kier alpha value is -0.460. The molecule has 6 heteroatoms. The van der Waals surface area contributed by atoms with Gasteiger partial charge in [-0.1, -0.05) is 11.3 Å². The van der Waals surface area contributed by atoms with Gasteiger partial charge in [-0.2, -0.15) is 0 Å². The summed E-state index contributed by atoms with van der Waals surface area (Å²) in [5.41, 5.74) is 0. The van der Waals surface area contributed by atoms with E-state index in [0.717, 1.165) is 35.2 Å². The van der Waals surface area contributed by atoms with Gasteiger partial charge in [-0.25, -0.2) is 0 Å². The number of aromatic nitrogens is 2. The minimum Gasteiger partial charge on any atom is -0.376 e. The number of nitrogens with one attached hydrogen (secondary N) is 1. The average molecular weight is 245 g/mol. The van der Waals surface area contributed by atoms with E-state index in [1.54, 1.807) is 0 Å². The summed E-state index contributed by atoms with van der Waals surface area (Å²) in [5.74, 6) is 0. The Morgan fingerprint density at radius 1 is 1.73 bits per heavy atom. The Morgan fingerprint density at radius 2 is 2.60 bits per heavy atom. The maximum absolute atomic E-state index is 5.61. The van der Waals surface area contributed by atoms with Gasteiger partial charge in [0.25, 0.3) is 0 Å². The molecule has 0 radical (unpaired) electrons. The van der Waals surface area contributed by atoms with Crippen molar-refractivity contribution in [3.63, 3.8) is 0 Å². The van der Waals surface area contributed by atoms with E-state index in [0.29, 0.717) is 6.10 Å². The van der Waals surface area contributed by atoms with Crippen molar-refractivity contribution in [2.75, 3.05) is 24.6 Å². The standard InChI is InChI=1S/C9H15N3OS2/c1-2-12(6-7-4-3-5-13-7)8-10-11-9(14)15-8/h7H,2-6H2,1H3,(H,11,14). The maximum atomic E-state index is 5.61. The lowest BCUT2D eigenvalue weighted by atomic mass is 10.2. The number of hydrogen-bond acceptors (Lipinski definition) is 5. The van der Waals surface area contributed by atoms with E-state index < -0.39 is 0 Å². The molecule has 0 aromatic carbocycles. The van der Waals surface area contributed by atoms with Crippen LogP contribution in [0.25, 0.3) is 0 Å². The lowest BCUT2D eigenvalue weighted by Gasteiger charge is -2.22. The van der Waals surface area contributed by atoms with E-state index in [1.165, 1.54) is 17.8 Å². The largest absolute Gasteiger partial charge is 0.376 e. The summed E-state index contributed by atoms with van der Waals surface area (Å²) in [4.78, 5) is 2.22. The van der Waals surface area contributed by atoms with E-state index in [1.807, 2.05) is 0 Å². The predicted molar refractivity (Wildman–Crippen MR) is 64.2 cm³/mol. The molecule has 1 aromatic heterocycles. The van der Waals surface area contributed by atoms with Crippen LogP contribution in [0.4, 0.5) is 5.13 Å². The van der Waals surface area contributed by atoms with Crippen molar-refractivity contribution >= 4 is 28.7 Å². The van der Waals surface area contributed by atoms with Crippen LogP contribution >= 0.6 is 23.6 Å². The average Bonchev–Trinajstić information content (AvgIpc) is 2.85. The van der Waals surface area contributed by atoms with Gasteiger partial charge < -0.3 is 9.64 Å². The van der Waals surface area contributed by atoms with Crippen molar-refractivity contribution in [2.45, 2.75) is 25.9 Å². The summed E-state index contributed by atoms with van der Waals surface area (Å²) < 4.78 is 6.34. The molecule has 84 valence electrons. The van der Waals surface area contributed by atoms with Crippen molar-refractivity contribution in [2.24, 2.45) is 0 Å². The van der Waals surface area contributed by atoms with E-state index in [2.05, 4.69) is 22.0 Å². The lowest BCUT2D eigenvalue weighted by molar-refractivity contribution is 0.115. The topological polar surface area (TPSA) is 41.1 Å². The van der Waals surface area contributed by atoms with Crippen LogP contribution in [0.1, 0.15) is 19.8 Å². The highest BCUT2D eigenvalue weighted by molar-refractivity contribution is 7.73. The van der Waals surface area contributed by atoms with Gasteiger partial charge in [0.15, 0.2) is 3.95 Å². The molecule has 0 bridgehead atoms.